The first-order chi connectivity index (χ1) is 9.33. The van der Waals surface area contributed by atoms with E-state index in [1.54, 1.807) is 0 Å². The summed E-state index contributed by atoms with van der Waals surface area (Å²) in [5.74, 6) is 0.861. The standard InChI is InChI=1S/C16H30N2O2/c1-12-9-14(10-12)17-13-7-5-6-8-18(11-13)15(19)20-16(2,3)4/h12-14,17H,5-11H2,1-4H3. The summed E-state index contributed by atoms with van der Waals surface area (Å²) in [6.07, 6.45) is 5.85. The van der Waals surface area contributed by atoms with Crippen molar-refractivity contribution in [1.29, 1.82) is 0 Å². The third-order valence-corrected chi connectivity index (χ3v) is 4.17. The number of rotatable bonds is 2. The third kappa shape index (κ3) is 4.65. The Morgan fingerprint density at radius 1 is 1.20 bits per heavy atom. The van der Waals surface area contributed by atoms with Crippen molar-refractivity contribution in [2.45, 2.75) is 77.5 Å². The van der Waals surface area contributed by atoms with E-state index >= 15 is 0 Å². The van der Waals surface area contributed by atoms with E-state index in [4.69, 9.17) is 4.74 Å². The maximum atomic E-state index is 12.2. The minimum Gasteiger partial charge on any atom is -0.444 e. The van der Waals surface area contributed by atoms with Crippen LogP contribution in [0.3, 0.4) is 0 Å². The van der Waals surface area contributed by atoms with Gasteiger partial charge in [-0.3, -0.25) is 0 Å². The zero-order valence-corrected chi connectivity index (χ0v) is 13.4. The van der Waals surface area contributed by atoms with Gasteiger partial charge >= 0.3 is 6.09 Å². The smallest absolute Gasteiger partial charge is 0.410 e. The number of hydrogen-bond donors (Lipinski definition) is 1. The number of likely N-dealkylation sites (tertiary alicyclic amines) is 1. The molecule has 0 spiro atoms. The van der Waals surface area contributed by atoms with Gasteiger partial charge in [-0.2, -0.15) is 0 Å². The Balaban J connectivity index is 1.84. The van der Waals surface area contributed by atoms with Crippen LogP contribution in [0.4, 0.5) is 4.79 Å². The maximum Gasteiger partial charge on any atom is 0.410 e. The number of ether oxygens (including phenoxy) is 1. The summed E-state index contributed by atoms with van der Waals surface area (Å²) in [5, 5.41) is 3.72. The summed E-state index contributed by atoms with van der Waals surface area (Å²) >= 11 is 0. The van der Waals surface area contributed by atoms with Gasteiger partial charge in [-0.15, -0.1) is 0 Å². The SMILES string of the molecule is CC1CC(NC2CCCCN(C(=O)OC(C)(C)C)C2)C1. The Morgan fingerprint density at radius 3 is 2.50 bits per heavy atom. The summed E-state index contributed by atoms with van der Waals surface area (Å²) in [5.41, 5.74) is -0.407. The highest BCUT2D eigenvalue weighted by molar-refractivity contribution is 5.68. The van der Waals surface area contributed by atoms with Crippen molar-refractivity contribution in [3.8, 4) is 0 Å². The zero-order valence-electron chi connectivity index (χ0n) is 13.4. The Morgan fingerprint density at radius 2 is 1.90 bits per heavy atom. The van der Waals surface area contributed by atoms with Gasteiger partial charge in [0.2, 0.25) is 0 Å². The number of carbonyl (C=O) groups excluding carboxylic acids is 1. The lowest BCUT2D eigenvalue weighted by molar-refractivity contribution is 0.0237. The van der Waals surface area contributed by atoms with Gasteiger partial charge in [0, 0.05) is 25.2 Å². The fraction of sp³-hybridized carbons (Fsp3) is 0.938. The van der Waals surface area contributed by atoms with Gasteiger partial charge in [-0.25, -0.2) is 4.79 Å². The van der Waals surface area contributed by atoms with E-state index < -0.39 is 5.60 Å². The molecule has 1 aliphatic heterocycles. The van der Waals surface area contributed by atoms with E-state index in [1.807, 2.05) is 25.7 Å². The molecular weight excluding hydrogens is 252 g/mol. The van der Waals surface area contributed by atoms with Crippen LogP contribution in [-0.4, -0.2) is 41.8 Å². The van der Waals surface area contributed by atoms with E-state index in [-0.39, 0.29) is 6.09 Å². The van der Waals surface area contributed by atoms with Gasteiger partial charge < -0.3 is 15.0 Å². The molecule has 1 unspecified atom stereocenters. The van der Waals surface area contributed by atoms with Gasteiger partial charge in [0.1, 0.15) is 5.60 Å². The van der Waals surface area contributed by atoms with Crippen LogP contribution in [-0.2, 0) is 4.74 Å². The molecule has 4 nitrogen and oxygen atoms in total. The van der Waals surface area contributed by atoms with Crippen molar-refractivity contribution in [2.24, 2.45) is 5.92 Å². The second-order valence-electron chi connectivity index (χ2n) is 7.56. The van der Waals surface area contributed by atoms with Crippen molar-refractivity contribution < 1.29 is 9.53 Å². The topological polar surface area (TPSA) is 41.6 Å². The molecular formula is C16H30N2O2. The van der Waals surface area contributed by atoms with Crippen LogP contribution in [0.15, 0.2) is 0 Å². The van der Waals surface area contributed by atoms with Crippen LogP contribution in [0.25, 0.3) is 0 Å². The van der Waals surface area contributed by atoms with E-state index in [1.165, 1.54) is 25.7 Å². The Labute approximate surface area is 123 Å². The molecule has 1 saturated heterocycles. The normalized spacial score (nSPS) is 31.4. The highest BCUT2D eigenvalue weighted by Gasteiger charge is 2.30. The van der Waals surface area contributed by atoms with E-state index in [0.717, 1.165) is 25.4 Å². The van der Waals surface area contributed by atoms with Gasteiger partial charge in [0.05, 0.1) is 0 Å². The third-order valence-electron chi connectivity index (χ3n) is 4.17. The largest absolute Gasteiger partial charge is 0.444 e. The number of carbonyl (C=O) groups is 1. The number of amides is 1. The van der Waals surface area contributed by atoms with Crippen LogP contribution in [0.5, 0.6) is 0 Å². The van der Waals surface area contributed by atoms with Crippen LogP contribution < -0.4 is 5.32 Å². The fourth-order valence-corrected chi connectivity index (χ4v) is 3.14. The average molecular weight is 282 g/mol. The first kappa shape index (κ1) is 15.6. The molecule has 1 amide bonds. The Kier molecular flexibility index (Phi) is 4.95. The molecule has 4 heteroatoms. The van der Waals surface area contributed by atoms with Crippen molar-refractivity contribution in [2.75, 3.05) is 13.1 Å². The van der Waals surface area contributed by atoms with Gasteiger partial charge in [0.25, 0.3) is 0 Å². The van der Waals surface area contributed by atoms with Crippen molar-refractivity contribution in [3.05, 3.63) is 0 Å². The molecule has 0 radical (unpaired) electrons. The molecule has 1 aliphatic carbocycles. The molecule has 0 aromatic rings. The lowest BCUT2D eigenvalue weighted by Gasteiger charge is -2.37. The van der Waals surface area contributed by atoms with Crippen molar-refractivity contribution in [3.63, 3.8) is 0 Å². The van der Waals surface area contributed by atoms with E-state index in [2.05, 4.69) is 12.2 Å². The monoisotopic (exact) mass is 282 g/mol. The van der Waals surface area contributed by atoms with Gasteiger partial charge in [-0.1, -0.05) is 13.3 Å². The Hall–Kier alpha value is -0.770. The van der Waals surface area contributed by atoms with Crippen molar-refractivity contribution in [1.82, 2.24) is 10.2 Å². The number of hydrogen-bond acceptors (Lipinski definition) is 3. The summed E-state index contributed by atoms with van der Waals surface area (Å²) in [6.45, 7) is 9.70. The molecule has 0 bridgehead atoms. The quantitative estimate of drug-likeness (QED) is 0.846. The van der Waals surface area contributed by atoms with Crippen LogP contribution in [0, 0.1) is 5.92 Å². The number of nitrogens with zero attached hydrogens (tertiary/aromatic N) is 1. The van der Waals surface area contributed by atoms with Crippen molar-refractivity contribution >= 4 is 6.09 Å². The summed E-state index contributed by atoms with van der Waals surface area (Å²) in [6, 6.07) is 1.09. The predicted octanol–water partition coefficient (Wildman–Crippen LogP) is 3.16. The molecule has 1 atom stereocenters. The summed E-state index contributed by atoms with van der Waals surface area (Å²) < 4.78 is 5.50. The van der Waals surface area contributed by atoms with Gasteiger partial charge in [-0.05, 0) is 52.4 Å². The fourth-order valence-electron chi connectivity index (χ4n) is 3.14. The molecule has 2 rings (SSSR count). The highest BCUT2D eigenvalue weighted by Crippen LogP contribution is 2.27. The molecule has 20 heavy (non-hydrogen) atoms. The van der Waals surface area contributed by atoms with Gasteiger partial charge in [0.15, 0.2) is 0 Å². The molecule has 1 N–H and O–H groups in total. The van der Waals surface area contributed by atoms with Crippen LogP contribution in [0.2, 0.25) is 0 Å². The second-order valence-corrected chi connectivity index (χ2v) is 7.56. The number of nitrogens with one attached hydrogen (secondary N) is 1. The minimum absolute atomic E-state index is 0.159. The molecule has 2 fully saturated rings. The first-order valence-electron chi connectivity index (χ1n) is 8.07. The highest BCUT2D eigenvalue weighted by atomic mass is 16.6. The second kappa shape index (κ2) is 6.33. The van der Waals surface area contributed by atoms with E-state index in [9.17, 15) is 4.79 Å². The maximum absolute atomic E-state index is 12.2. The van der Waals surface area contributed by atoms with Crippen LogP contribution >= 0.6 is 0 Å². The molecule has 116 valence electrons. The predicted molar refractivity (Wildman–Crippen MR) is 80.8 cm³/mol. The molecule has 0 aromatic heterocycles. The Bertz CT molecular complexity index is 332. The summed E-state index contributed by atoms with van der Waals surface area (Å²) in [4.78, 5) is 14.1. The average Bonchev–Trinajstić information content (AvgIpc) is 2.50. The lowest BCUT2D eigenvalue weighted by Crippen LogP contribution is -2.50. The molecule has 0 aromatic carbocycles. The molecule has 1 saturated carbocycles. The zero-order chi connectivity index (χ0) is 14.8. The van der Waals surface area contributed by atoms with Crippen LogP contribution in [0.1, 0.15) is 59.8 Å². The first-order valence-corrected chi connectivity index (χ1v) is 8.07. The summed E-state index contributed by atoms with van der Waals surface area (Å²) in [7, 11) is 0. The lowest BCUT2D eigenvalue weighted by atomic mass is 9.81. The van der Waals surface area contributed by atoms with E-state index in [0.29, 0.717) is 12.1 Å². The molecule has 2 aliphatic rings. The minimum atomic E-state index is -0.407. The molecule has 1 heterocycles.